The van der Waals surface area contributed by atoms with Gasteiger partial charge in [-0.05, 0) is 62.3 Å². The summed E-state index contributed by atoms with van der Waals surface area (Å²) in [5, 5.41) is 4.93. The van der Waals surface area contributed by atoms with E-state index < -0.39 is 0 Å². The van der Waals surface area contributed by atoms with Gasteiger partial charge in [-0.25, -0.2) is 0 Å². The second-order valence-corrected chi connectivity index (χ2v) is 8.14. The number of nitrogens with zero attached hydrogens (tertiary/aromatic N) is 1. The van der Waals surface area contributed by atoms with Crippen LogP contribution in [0, 0.1) is 11.8 Å². The lowest BCUT2D eigenvalue weighted by atomic mass is 9.97. The van der Waals surface area contributed by atoms with Crippen LogP contribution in [0.15, 0.2) is 18.2 Å². The summed E-state index contributed by atoms with van der Waals surface area (Å²) < 4.78 is 0. The largest absolute Gasteiger partial charge is 0.342 e. The maximum Gasteiger partial charge on any atom is 0.225 e. The molecule has 1 atom stereocenters. The Bertz CT molecular complexity index is 581. The Labute approximate surface area is 154 Å². The molecule has 0 bridgehead atoms. The molecule has 0 radical (unpaired) electrons. The molecule has 2 fully saturated rings. The normalized spacial score (nSPS) is 20.2. The third-order valence-corrected chi connectivity index (χ3v) is 5.75. The molecule has 1 aliphatic carbocycles. The molecule has 132 valence electrons. The minimum atomic E-state index is -0.0559. The summed E-state index contributed by atoms with van der Waals surface area (Å²) >= 11 is 12.2. The van der Waals surface area contributed by atoms with Gasteiger partial charge in [0.25, 0.3) is 0 Å². The molecule has 0 spiro atoms. The number of hydrogen-bond donors (Lipinski definition) is 1. The van der Waals surface area contributed by atoms with Gasteiger partial charge in [-0.2, -0.15) is 0 Å². The lowest BCUT2D eigenvalue weighted by Gasteiger charge is -2.34. The smallest absolute Gasteiger partial charge is 0.225 e. The highest BCUT2D eigenvalue weighted by Gasteiger charge is 2.28. The number of benzene rings is 1. The standard InChI is InChI=1S/C19H26Cl2N2O/c1-13(10-15-4-5-16(20)11-18(15)21)19(24)23-8-6-17(7-9-23)22-12-14-2-3-14/h4-5,11,13-14,17,22H,2-3,6-10,12H2,1H3. The van der Waals surface area contributed by atoms with Gasteiger partial charge in [0.15, 0.2) is 0 Å². The van der Waals surface area contributed by atoms with E-state index in [9.17, 15) is 4.79 Å². The SMILES string of the molecule is CC(Cc1ccc(Cl)cc1Cl)C(=O)N1CCC(NCC2CC2)CC1. The number of likely N-dealkylation sites (tertiary alicyclic amines) is 1. The molecule has 1 saturated carbocycles. The number of piperidine rings is 1. The van der Waals surface area contributed by atoms with Gasteiger partial charge >= 0.3 is 0 Å². The van der Waals surface area contributed by atoms with Gasteiger partial charge in [-0.1, -0.05) is 36.2 Å². The van der Waals surface area contributed by atoms with Crippen molar-refractivity contribution in [2.45, 2.75) is 45.1 Å². The first-order valence-corrected chi connectivity index (χ1v) is 9.74. The van der Waals surface area contributed by atoms with E-state index in [0.29, 0.717) is 22.5 Å². The Balaban J connectivity index is 1.47. The number of amides is 1. The molecule has 1 aromatic carbocycles. The first-order chi connectivity index (χ1) is 11.5. The van der Waals surface area contributed by atoms with Crippen molar-refractivity contribution < 1.29 is 4.79 Å². The number of rotatable bonds is 6. The van der Waals surface area contributed by atoms with E-state index in [2.05, 4.69) is 5.32 Å². The zero-order valence-electron chi connectivity index (χ0n) is 14.2. The van der Waals surface area contributed by atoms with Crippen molar-refractivity contribution in [2.24, 2.45) is 11.8 Å². The lowest BCUT2D eigenvalue weighted by molar-refractivity contribution is -0.136. The topological polar surface area (TPSA) is 32.3 Å². The maximum atomic E-state index is 12.7. The van der Waals surface area contributed by atoms with Gasteiger partial charge in [0, 0.05) is 35.1 Å². The van der Waals surface area contributed by atoms with Crippen LogP contribution < -0.4 is 5.32 Å². The molecule has 2 aliphatic rings. The molecule has 1 amide bonds. The highest BCUT2D eigenvalue weighted by molar-refractivity contribution is 6.35. The first-order valence-electron chi connectivity index (χ1n) is 8.99. The molecule has 1 aliphatic heterocycles. The van der Waals surface area contributed by atoms with Gasteiger partial charge in [0.1, 0.15) is 0 Å². The summed E-state index contributed by atoms with van der Waals surface area (Å²) in [4.78, 5) is 14.7. The maximum absolute atomic E-state index is 12.7. The lowest BCUT2D eigenvalue weighted by Crippen LogP contribution is -2.47. The first kappa shape index (κ1) is 18.0. The monoisotopic (exact) mass is 368 g/mol. The number of carbonyl (C=O) groups is 1. The van der Waals surface area contributed by atoms with Crippen LogP contribution in [0.5, 0.6) is 0 Å². The Morgan fingerprint density at radius 1 is 1.25 bits per heavy atom. The average Bonchev–Trinajstić information content (AvgIpc) is 3.39. The predicted octanol–water partition coefficient (Wildman–Crippen LogP) is 4.16. The Hall–Kier alpha value is -0.770. The molecule has 0 aromatic heterocycles. The fourth-order valence-corrected chi connectivity index (χ4v) is 3.86. The van der Waals surface area contributed by atoms with Crippen LogP contribution in [0.1, 0.15) is 38.2 Å². The van der Waals surface area contributed by atoms with E-state index in [4.69, 9.17) is 23.2 Å². The van der Waals surface area contributed by atoms with Gasteiger partial charge in [-0.3, -0.25) is 4.79 Å². The van der Waals surface area contributed by atoms with E-state index in [1.54, 1.807) is 6.07 Å². The molecule has 5 heteroatoms. The second-order valence-electron chi connectivity index (χ2n) is 7.29. The quantitative estimate of drug-likeness (QED) is 0.817. The van der Waals surface area contributed by atoms with Crippen molar-refractivity contribution in [2.75, 3.05) is 19.6 Å². The number of halogens is 2. The molecule has 1 aromatic rings. The van der Waals surface area contributed by atoms with Gasteiger partial charge in [0.2, 0.25) is 5.91 Å². The van der Waals surface area contributed by atoms with Gasteiger partial charge in [-0.15, -0.1) is 0 Å². The third-order valence-electron chi connectivity index (χ3n) is 5.16. The second kappa shape index (κ2) is 8.07. The summed E-state index contributed by atoms with van der Waals surface area (Å²) in [6, 6.07) is 6.07. The van der Waals surface area contributed by atoms with E-state index in [0.717, 1.165) is 44.0 Å². The minimum Gasteiger partial charge on any atom is -0.342 e. The summed E-state index contributed by atoms with van der Waals surface area (Å²) in [7, 11) is 0. The Morgan fingerprint density at radius 3 is 2.58 bits per heavy atom. The Kier molecular flexibility index (Phi) is 6.07. The molecule has 3 nitrogen and oxygen atoms in total. The van der Waals surface area contributed by atoms with Crippen LogP contribution in [-0.4, -0.2) is 36.5 Å². The Morgan fingerprint density at radius 2 is 1.96 bits per heavy atom. The van der Waals surface area contributed by atoms with Crippen LogP contribution in [0.25, 0.3) is 0 Å². The fourth-order valence-electron chi connectivity index (χ4n) is 3.38. The summed E-state index contributed by atoms with van der Waals surface area (Å²) in [6.45, 7) is 4.87. The predicted molar refractivity (Wildman–Crippen MR) is 99.7 cm³/mol. The van der Waals surface area contributed by atoms with E-state index in [-0.39, 0.29) is 11.8 Å². The van der Waals surface area contributed by atoms with Crippen molar-refractivity contribution in [1.82, 2.24) is 10.2 Å². The van der Waals surface area contributed by atoms with Crippen LogP contribution in [0.4, 0.5) is 0 Å². The minimum absolute atomic E-state index is 0.0559. The molecule has 3 rings (SSSR count). The zero-order chi connectivity index (χ0) is 17.1. The molecule has 1 saturated heterocycles. The highest BCUT2D eigenvalue weighted by atomic mass is 35.5. The van der Waals surface area contributed by atoms with Crippen molar-refractivity contribution in [3.05, 3.63) is 33.8 Å². The number of nitrogens with one attached hydrogen (secondary N) is 1. The highest BCUT2D eigenvalue weighted by Crippen LogP contribution is 2.28. The van der Waals surface area contributed by atoms with Crippen LogP contribution in [0.2, 0.25) is 10.0 Å². The van der Waals surface area contributed by atoms with Crippen LogP contribution in [-0.2, 0) is 11.2 Å². The zero-order valence-corrected chi connectivity index (χ0v) is 15.7. The van der Waals surface area contributed by atoms with Crippen molar-refractivity contribution in [1.29, 1.82) is 0 Å². The van der Waals surface area contributed by atoms with Crippen molar-refractivity contribution in [3.8, 4) is 0 Å². The summed E-state index contributed by atoms with van der Waals surface area (Å²) in [5.41, 5.74) is 0.989. The fraction of sp³-hybridized carbons (Fsp3) is 0.632. The molecule has 1 N–H and O–H groups in total. The number of carbonyl (C=O) groups excluding carboxylic acids is 1. The summed E-state index contributed by atoms with van der Waals surface area (Å²) in [5.74, 6) is 1.09. The van der Waals surface area contributed by atoms with E-state index >= 15 is 0 Å². The van der Waals surface area contributed by atoms with Crippen LogP contribution in [0.3, 0.4) is 0 Å². The molecular formula is C19H26Cl2N2O. The van der Waals surface area contributed by atoms with E-state index in [1.807, 2.05) is 24.0 Å². The summed E-state index contributed by atoms with van der Waals surface area (Å²) in [6.07, 6.45) is 5.55. The average molecular weight is 369 g/mol. The van der Waals surface area contributed by atoms with Gasteiger partial charge in [0.05, 0.1) is 0 Å². The number of hydrogen-bond acceptors (Lipinski definition) is 2. The van der Waals surface area contributed by atoms with Gasteiger partial charge < -0.3 is 10.2 Å². The molecule has 1 heterocycles. The third kappa shape index (κ3) is 4.87. The molecule has 24 heavy (non-hydrogen) atoms. The van der Waals surface area contributed by atoms with Crippen molar-refractivity contribution >= 4 is 29.1 Å². The molecular weight excluding hydrogens is 343 g/mol. The van der Waals surface area contributed by atoms with Crippen molar-refractivity contribution in [3.63, 3.8) is 0 Å². The molecule has 1 unspecified atom stereocenters. The van der Waals surface area contributed by atoms with Crippen LogP contribution >= 0.6 is 23.2 Å². The van der Waals surface area contributed by atoms with E-state index in [1.165, 1.54) is 12.8 Å².